The van der Waals surface area contributed by atoms with Gasteiger partial charge >= 0.3 is 5.97 Å². The first-order chi connectivity index (χ1) is 11.2. The molecule has 0 bridgehead atoms. The highest BCUT2D eigenvalue weighted by Crippen LogP contribution is 2.24. The van der Waals surface area contributed by atoms with E-state index >= 15 is 0 Å². The van der Waals surface area contributed by atoms with Crippen LogP contribution in [0.15, 0.2) is 48.5 Å². The Hall–Kier alpha value is -2.69. The van der Waals surface area contributed by atoms with E-state index < -0.39 is 23.8 Å². The summed E-state index contributed by atoms with van der Waals surface area (Å²) in [5.74, 6) is -1.93. The van der Waals surface area contributed by atoms with E-state index in [1.165, 1.54) is 24.3 Å². The molecule has 0 radical (unpaired) electrons. The summed E-state index contributed by atoms with van der Waals surface area (Å²) in [6.45, 7) is 6.20. The van der Waals surface area contributed by atoms with Gasteiger partial charge in [0.25, 0.3) is 5.91 Å². The van der Waals surface area contributed by atoms with Crippen LogP contribution in [0.5, 0.6) is 0 Å². The van der Waals surface area contributed by atoms with Crippen molar-refractivity contribution in [2.24, 2.45) is 5.73 Å². The van der Waals surface area contributed by atoms with Gasteiger partial charge in [0.1, 0.15) is 5.82 Å². The highest BCUT2D eigenvalue weighted by Gasteiger charge is 2.24. The molecule has 1 amide bonds. The van der Waals surface area contributed by atoms with E-state index in [0.29, 0.717) is 11.1 Å². The Kier molecular flexibility index (Phi) is 5.02. The van der Waals surface area contributed by atoms with Gasteiger partial charge in [0, 0.05) is 5.56 Å². The molecule has 0 saturated heterocycles. The van der Waals surface area contributed by atoms with Crippen LogP contribution in [0.3, 0.4) is 0 Å². The lowest BCUT2D eigenvalue weighted by atomic mass is 9.87. The maximum atomic E-state index is 13.0. The third-order valence-electron chi connectivity index (χ3n) is 3.64. The highest BCUT2D eigenvalue weighted by atomic mass is 19.1. The number of primary amides is 1. The summed E-state index contributed by atoms with van der Waals surface area (Å²) >= 11 is 0. The summed E-state index contributed by atoms with van der Waals surface area (Å²) in [6, 6.07) is 12.1. The van der Waals surface area contributed by atoms with E-state index in [1.807, 2.05) is 12.1 Å². The molecule has 1 unspecified atom stereocenters. The van der Waals surface area contributed by atoms with Crippen LogP contribution in [0, 0.1) is 5.82 Å². The Morgan fingerprint density at radius 3 is 2.00 bits per heavy atom. The Labute approximate surface area is 140 Å². The number of hydrogen-bond acceptors (Lipinski definition) is 3. The van der Waals surface area contributed by atoms with E-state index in [9.17, 15) is 14.0 Å². The number of hydrogen-bond donors (Lipinski definition) is 1. The van der Waals surface area contributed by atoms with Crippen molar-refractivity contribution < 1.29 is 18.7 Å². The molecule has 2 N–H and O–H groups in total. The number of halogens is 1. The second-order valence-corrected chi connectivity index (χ2v) is 6.57. The van der Waals surface area contributed by atoms with Gasteiger partial charge in [-0.15, -0.1) is 0 Å². The topological polar surface area (TPSA) is 69.4 Å². The number of ether oxygens (including phenoxy) is 1. The second kappa shape index (κ2) is 6.83. The van der Waals surface area contributed by atoms with E-state index in [1.54, 1.807) is 12.1 Å². The minimum absolute atomic E-state index is 0.0354. The lowest BCUT2D eigenvalue weighted by Crippen LogP contribution is -2.26. The minimum atomic E-state index is -1.26. The van der Waals surface area contributed by atoms with Gasteiger partial charge in [-0.1, -0.05) is 45.0 Å². The lowest BCUT2D eigenvalue weighted by Gasteiger charge is -2.19. The van der Waals surface area contributed by atoms with Crippen molar-refractivity contribution in [1.29, 1.82) is 0 Å². The van der Waals surface area contributed by atoms with Crippen LogP contribution in [0.1, 0.15) is 48.4 Å². The van der Waals surface area contributed by atoms with Gasteiger partial charge in [-0.2, -0.15) is 0 Å². The third-order valence-corrected chi connectivity index (χ3v) is 3.64. The fourth-order valence-electron chi connectivity index (χ4n) is 2.21. The molecule has 5 heteroatoms. The summed E-state index contributed by atoms with van der Waals surface area (Å²) in [7, 11) is 0. The molecule has 0 aliphatic heterocycles. The molecule has 1 atom stereocenters. The second-order valence-electron chi connectivity index (χ2n) is 6.57. The predicted molar refractivity (Wildman–Crippen MR) is 88.9 cm³/mol. The maximum absolute atomic E-state index is 13.0. The summed E-state index contributed by atoms with van der Waals surface area (Å²) in [5.41, 5.74) is 6.98. The molecule has 126 valence electrons. The standard InChI is InChI=1S/C19H20FNO3/c1-19(2,3)14-8-4-13(5-9-14)18(23)24-16(17(21)22)12-6-10-15(20)11-7-12/h4-11,16H,1-3H3,(H2,21,22). The van der Waals surface area contributed by atoms with Crippen LogP contribution in [-0.2, 0) is 14.9 Å². The molecule has 0 aromatic heterocycles. The average molecular weight is 329 g/mol. The van der Waals surface area contributed by atoms with Crippen molar-refractivity contribution in [2.45, 2.75) is 32.3 Å². The van der Waals surface area contributed by atoms with Crippen LogP contribution >= 0.6 is 0 Å². The smallest absolute Gasteiger partial charge is 0.339 e. The monoisotopic (exact) mass is 329 g/mol. The molecule has 2 aromatic carbocycles. The average Bonchev–Trinajstić information content (AvgIpc) is 2.52. The van der Waals surface area contributed by atoms with Crippen molar-refractivity contribution in [3.05, 3.63) is 71.0 Å². The van der Waals surface area contributed by atoms with Crippen LogP contribution in [0.2, 0.25) is 0 Å². The fourth-order valence-corrected chi connectivity index (χ4v) is 2.21. The first-order valence-corrected chi connectivity index (χ1v) is 7.55. The number of nitrogens with two attached hydrogens (primary N) is 1. The van der Waals surface area contributed by atoms with E-state index in [4.69, 9.17) is 10.5 Å². The zero-order valence-corrected chi connectivity index (χ0v) is 13.9. The van der Waals surface area contributed by atoms with Gasteiger partial charge in [-0.25, -0.2) is 9.18 Å². The maximum Gasteiger partial charge on any atom is 0.339 e. The van der Waals surface area contributed by atoms with Gasteiger partial charge in [0.15, 0.2) is 0 Å². The largest absolute Gasteiger partial charge is 0.444 e. The molecule has 2 aromatic rings. The van der Waals surface area contributed by atoms with Crippen LogP contribution in [0.4, 0.5) is 4.39 Å². The SMILES string of the molecule is CC(C)(C)c1ccc(C(=O)OC(C(N)=O)c2ccc(F)cc2)cc1. The minimum Gasteiger partial charge on any atom is -0.444 e. The van der Waals surface area contributed by atoms with Crippen molar-refractivity contribution in [3.63, 3.8) is 0 Å². The molecule has 0 heterocycles. The van der Waals surface area contributed by atoms with Gasteiger partial charge in [-0.05, 0) is 35.2 Å². The van der Waals surface area contributed by atoms with Crippen LogP contribution in [-0.4, -0.2) is 11.9 Å². The number of carbonyl (C=O) groups excluding carboxylic acids is 2. The molecule has 4 nitrogen and oxygen atoms in total. The van der Waals surface area contributed by atoms with Crippen molar-refractivity contribution >= 4 is 11.9 Å². The van der Waals surface area contributed by atoms with Crippen LogP contribution < -0.4 is 5.73 Å². The van der Waals surface area contributed by atoms with Gasteiger partial charge in [-0.3, -0.25) is 4.79 Å². The number of amides is 1. The normalized spacial score (nSPS) is 12.5. The van der Waals surface area contributed by atoms with Gasteiger partial charge < -0.3 is 10.5 Å². The first kappa shape index (κ1) is 17.7. The first-order valence-electron chi connectivity index (χ1n) is 7.55. The fraction of sp³-hybridized carbons (Fsp3) is 0.263. The molecular formula is C19H20FNO3. The number of rotatable bonds is 4. The zero-order chi connectivity index (χ0) is 17.9. The Morgan fingerprint density at radius 2 is 1.54 bits per heavy atom. The molecular weight excluding hydrogens is 309 g/mol. The lowest BCUT2D eigenvalue weighted by molar-refractivity contribution is -0.127. The molecule has 0 spiro atoms. The molecule has 0 fully saturated rings. The van der Waals surface area contributed by atoms with Gasteiger partial charge in [0.2, 0.25) is 6.10 Å². The van der Waals surface area contributed by atoms with Gasteiger partial charge in [0.05, 0.1) is 5.56 Å². The van der Waals surface area contributed by atoms with E-state index in [2.05, 4.69) is 20.8 Å². The summed E-state index contributed by atoms with van der Waals surface area (Å²) in [6.07, 6.45) is -1.26. The number of esters is 1. The predicted octanol–water partition coefficient (Wildman–Crippen LogP) is 3.51. The third kappa shape index (κ3) is 4.19. The summed E-state index contributed by atoms with van der Waals surface area (Å²) in [4.78, 5) is 23.8. The quantitative estimate of drug-likeness (QED) is 0.873. The number of benzene rings is 2. The molecule has 0 aliphatic carbocycles. The molecule has 24 heavy (non-hydrogen) atoms. The Bertz CT molecular complexity index is 731. The summed E-state index contributed by atoms with van der Waals surface area (Å²) in [5, 5.41) is 0. The summed E-state index contributed by atoms with van der Waals surface area (Å²) < 4.78 is 18.2. The molecule has 0 aliphatic rings. The molecule has 0 saturated carbocycles. The highest BCUT2D eigenvalue weighted by molar-refractivity contribution is 5.92. The van der Waals surface area contributed by atoms with Crippen LogP contribution in [0.25, 0.3) is 0 Å². The van der Waals surface area contributed by atoms with Crippen molar-refractivity contribution in [3.8, 4) is 0 Å². The number of carbonyl (C=O) groups is 2. The zero-order valence-electron chi connectivity index (χ0n) is 13.9. The van der Waals surface area contributed by atoms with Crippen molar-refractivity contribution in [1.82, 2.24) is 0 Å². The molecule has 2 rings (SSSR count). The van der Waals surface area contributed by atoms with E-state index in [-0.39, 0.29) is 5.41 Å². The van der Waals surface area contributed by atoms with E-state index in [0.717, 1.165) is 5.56 Å². The Balaban J connectivity index is 2.19. The van der Waals surface area contributed by atoms with Crippen molar-refractivity contribution in [2.75, 3.05) is 0 Å². The Morgan fingerprint density at radius 1 is 1.00 bits per heavy atom.